The Bertz CT molecular complexity index is 729. The highest BCUT2D eigenvalue weighted by Gasteiger charge is 2.20. The van der Waals surface area contributed by atoms with Crippen LogP contribution in [-0.4, -0.2) is 23.1 Å². The lowest BCUT2D eigenvalue weighted by atomic mass is 10.0. The van der Waals surface area contributed by atoms with Gasteiger partial charge in [-0.1, -0.05) is 0 Å². The van der Waals surface area contributed by atoms with E-state index in [-0.39, 0.29) is 22.4 Å². The van der Waals surface area contributed by atoms with E-state index in [1.165, 1.54) is 31.4 Å². The van der Waals surface area contributed by atoms with Crippen LogP contribution >= 0.6 is 0 Å². The van der Waals surface area contributed by atoms with Gasteiger partial charge in [-0.25, -0.2) is 9.18 Å². The van der Waals surface area contributed by atoms with Crippen LogP contribution in [0.1, 0.15) is 10.4 Å². The maximum atomic E-state index is 14.0. The Morgan fingerprint density at radius 1 is 1.24 bits per heavy atom. The van der Waals surface area contributed by atoms with E-state index >= 15 is 0 Å². The maximum Gasteiger partial charge on any atom is 0.335 e. The highest BCUT2D eigenvalue weighted by molar-refractivity contribution is 5.90. The van der Waals surface area contributed by atoms with E-state index in [2.05, 4.69) is 0 Å². The summed E-state index contributed by atoms with van der Waals surface area (Å²) in [5, 5.41) is 19.9. The van der Waals surface area contributed by atoms with E-state index in [1.54, 1.807) is 0 Å². The number of carboxylic acid groups (broad SMARTS) is 1. The summed E-state index contributed by atoms with van der Waals surface area (Å²) < 4.78 is 18.9. The van der Waals surface area contributed by atoms with Gasteiger partial charge in [0.25, 0.3) is 5.69 Å². The Labute approximate surface area is 118 Å². The minimum atomic E-state index is -1.29. The first-order chi connectivity index (χ1) is 9.93. The predicted octanol–water partition coefficient (Wildman–Crippen LogP) is 3.11. The van der Waals surface area contributed by atoms with Crippen LogP contribution in [0.25, 0.3) is 11.1 Å². The average Bonchev–Trinajstić information content (AvgIpc) is 2.46. The van der Waals surface area contributed by atoms with Crippen molar-refractivity contribution in [3.05, 3.63) is 57.9 Å². The topological polar surface area (TPSA) is 89.7 Å². The zero-order chi connectivity index (χ0) is 15.6. The van der Waals surface area contributed by atoms with Gasteiger partial charge in [-0.3, -0.25) is 10.1 Å². The number of hydrogen-bond donors (Lipinski definition) is 1. The van der Waals surface area contributed by atoms with E-state index in [9.17, 15) is 19.3 Å². The molecule has 6 nitrogen and oxygen atoms in total. The number of methoxy groups -OCH3 is 1. The highest BCUT2D eigenvalue weighted by atomic mass is 19.1. The van der Waals surface area contributed by atoms with Gasteiger partial charge in [0, 0.05) is 17.7 Å². The van der Waals surface area contributed by atoms with E-state index in [1.807, 2.05) is 0 Å². The molecule has 0 atom stereocenters. The molecule has 0 saturated carbocycles. The zero-order valence-electron chi connectivity index (χ0n) is 10.9. The lowest BCUT2D eigenvalue weighted by molar-refractivity contribution is -0.384. The molecule has 21 heavy (non-hydrogen) atoms. The summed E-state index contributed by atoms with van der Waals surface area (Å²) in [6.45, 7) is 0. The van der Waals surface area contributed by atoms with Crippen molar-refractivity contribution >= 4 is 11.7 Å². The molecule has 2 aromatic rings. The smallest absolute Gasteiger partial charge is 0.335 e. The van der Waals surface area contributed by atoms with Crippen LogP contribution in [0.15, 0.2) is 36.4 Å². The average molecular weight is 291 g/mol. The molecule has 0 aliphatic heterocycles. The number of carbonyl (C=O) groups is 1. The predicted molar refractivity (Wildman–Crippen MR) is 72.0 cm³/mol. The summed E-state index contributed by atoms with van der Waals surface area (Å²) in [7, 11) is 1.37. The number of aromatic carboxylic acids is 1. The molecule has 0 aliphatic carbocycles. The number of ether oxygens (including phenoxy) is 1. The summed E-state index contributed by atoms with van der Waals surface area (Å²) in [5.74, 6) is -1.71. The second-order valence-electron chi connectivity index (χ2n) is 4.14. The first-order valence-electron chi connectivity index (χ1n) is 5.79. The van der Waals surface area contributed by atoms with Crippen molar-refractivity contribution in [2.24, 2.45) is 0 Å². The van der Waals surface area contributed by atoms with Crippen LogP contribution in [0.5, 0.6) is 5.75 Å². The Morgan fingerprint density at radius 3 is 2.43 bits per heavy atom. The van der Waals surface area contributed by atoms with Gasteiger partial charge in [0.05, 0.1) is 23.2 Å². The molecule has 2 aromatic carbocycles. The summed E-state index contributed by atoms with van der Waals surface area (Å²) in [5.41, 5.74) is -0.706. The number of benzene rings is 2. The number of carboxylic acids is 1. The van der Waals surface area contributed by atoms with Crippen LogP contribution in [0.3, 0.4) is 0 Å². The van der Waals surface area contributed by atoms with Crippen molar-refractivity contribution in [1.82, 2.24) is 0 Å². The van der Waals surface area contributed by atoms with Crippen LogP contribution < -0.4 is 4.74 Å². The summed E-state index contributed by atoms with van der Waals surface area (Å²) in [6, 6.07) is 7.22. The lowest BCUT2D eigenvalue weighted by Crippen LogP contribution is -2.00. The molecule has 2 rings (SSSR count). The number of halogens is 1. The molecule has 0 radical (unpaired) electrons. The Hall–Kier alpha value is -2.96. The molecular weight excluding hydrogens is 281 g/mol. The molecule has 0 saturated heterocycles. The Balaban J connectivity index is 2.63. The van der Waals surface area contributed by atoms with E-state index in [4.69, 9.17) is 9.84 Å². The van der Waals surface area contributed by atoms with Gasteiger partial charge in [0.15, 0.2) is 0 Å². The van der Waals surface area contributed by atoms with Crippen LogP contribution in [-0.2, 0) is 0 Å². The Kier molecular flexibility index (Phi) is 3.84. The molecule has 1 N–H and O–H groups in total. The van der Waals surface area contributed by atoms with Gasteiger partial charge in [-0.15, -0.1) is 0 Å². The van der Waals surface area contributed by atoms with Gasteiger partial charge in [0.1, 0.15) is 11.6 Å². The second kappa shape index (κ2) is 5.58. The monoisotopic (exact) mass is 291 g/mol. The third kappa shape index (κ3) is 2.81. The first-order valence-corrected chi connectivity index (χ1v) is 5.79. The van der Waals surface area contributed by atoms with Crippen molar-refractivity contribution in [2.45, 2.75) is 0 Å². The standard InChI is InChI=1S/C14H10FNO5/c1-21-9-3-5-10(12(15)7-9)11-4-2-8(14(17)18)6-13(11)16(19)20/h2-7H,1H3,(H,17,18). The fraction of sp³-hybridized carbons (Fsp3) is 0.0714. The zero-order valence-corrected chi connectivity index (χ0v) is 10.9. The van der Waals surface area contributed by atoms with Crippen molar-refractivity contribution in [2.75, 3.05) is 7.11 Å². The summed E-state index contributed by atoms with van der Waals surface area (Å²) in [4.78, 5) is 21.2. The molecule has 0 fully saturated rings. The fourth-order valence-corrected chi connectivity index (χ4v) is 1.88. The molecule has 0 bridgehead atoms. The molecular formula is C14H10FNO5. The third-order valence-electron chi connectivity index (χ3n) is 2.91. The van der Waals surface area contributed by atoms with Crippen molar-refractivity contribution in [3.8, 4) is 16.9 Å². The maximum absolute atomic E-state index is 14.0. The van der Waals surface area contributed by atoms with Crippen molar-refractivity contribution < 1.29 is 24.0 Å². The van der Waals surface area contributed by atoms with E-state index in [0.29, 0.717) is 0 Å². The third-order valence-corrected chi connectivity index (χ3v) is 2.91. The van der Waals surface area contributed by atoms with Gasteiger partial charge in [0.2, 0.25) is 0 Å². The molecule has 0 spiro atoms. The van der Waals surface area contributed by atoms with Crippen LogP contribution in [0.4, 0.5) is 10.1 Å². The molecule has 0 unspecified atom stereocenters. The van der Waals surface area contributed by atoms with Gasteiger partial charge in [-0.2, -0.15) is 0 Å². The molecule has 7 heteroatoms. The fourth-order valence-electron chi connectivity index (χ4n) is 1.88. The van der Waals surface area contributed by atoms with Crippen molar-refractivity contribution in [3.63, 3.8) is 0 Å². The molecule has 0 heterocycles. The van der Waals surface area contributed by atoms with E-state index in [0.717, 1.165) is 12.1 Å². The van der Waals surface area contributed by atoms with Gasteiger partial charge in [-0.05, 0) is 24.3 Å². The minimum absolute atomic E-state index is 0.000520. The van der Waals surface area contributed by atoms with E-state index < -0.39 is 22.4 Å². The molecule has 108 valence electrons. The van der Waals surface area contributed by atoms with Crippen LogP contribution in [0, 0.1) is 15.9 Å². The molecule has 0 aromatic heterocycles. The highest BCUT2D eigenvalue weighted by Crippen LogP contribution is 2.33. The lowest BCUT2D eigenvalue weighted by Gasteiger charge is -2.07. The second-order valence-corrected chi connectivity index (χ2v) is 4.14. The minimum Gasteiger partial charge on any atom is -0.497 e. The van der Waals surface area contributed by atoms with Gasteiger partial charge >= 0.3 is 5.97 Å². The summed E-state index contributed by atoms with van der Waals surface area (Å²) >= 11 is 0. The summed E-state index contributed by atoms with van der Waals surface area (Å²) in [6.07, 6.45) is 0. The molecule has 0 aliphatic rings. The van der Waals surface area contributed by atoms with Crippen LogP contribution in [0.2, 0.25) is 0 Å². The molecule has 0 amide bonds. The number of hydrogen-bond acceptors (Lipinski definition) is 4. The normalized spacial score (nSPS) is 10.2. The Morgan fingerprint density at radius 2 is 1.90 bits per heavy atom. The quantitative estimate of drug-likeness (QED) is 0.690. The first kappa shape index (κ1) is 14.4. The van der Waals surface area contributed by atoms with Gasteiger partial charge < -0.3 is 9.84 Å². The number of nitrogens with zero attached hydrogens (tertiary/aromatic N) is 1. The van der Waals surface area contributed by atoms with Crippen molar-refractivity contribution in [1.29, 1.82) is 0 Å². The number of rotatable bonds is 4. The number of nitro benzene ring substituents is 1. The SMILES string of the molecule is COc1ccc(-c2ccc(C(=O)O)cc2[N+](=O)[O-])c(F)c1. The number of nitro groups is 1. The largest absolute Gasteiger partial charge is 0.497 e.